The Morgan fingerprint density at radius 1 is 0.925 bits per heavy atom. The molecular formula is C30H21Cl3N4O2S. The molecule has 1 amide bonds. The molecule has 5 aromatic rings. The Kier molecular flexibility index (Phi) is 8.98. The number of thiazole rings is 1. The summed E-state index contributed by atoms with van der Waals surface area (Å²) < 4.78 is 5.93. The lowest BCUT2D eigenvalue weighted by Crippen LogP contribution is -2.17. The molecule has 0 aliphatic carbocycles. The van der Waals surface area contributed by atoms with Gasteiger partial charge in [0.2, 0.25) is 0 Å². The highest BCUT2D eigenvalue weighted by atomic mass is 35.5. The summed E-state index contributed by atoms with van der Waals surface area (Å²) in [7, 11) is 0. The van der Waals surface area contributed by atoms with Gasteiger partial charge in [-0.3, -0.25) is 4.79 Å². The van der Waals surface area contributed by atoms with E-state index in [4.69, 9.17) is 39.5 Å². The van der Waals surface area contributed by atoms with Crippen molar-refractivity contribution in [3.8, 4) is 17.0 Å². The van der Waals surface area contributed by atoms with Crippen molar-refractivity contribution in [2.45, 2.75) is 6.61 Å². The Hall–Kier alpha value is -3.88. The number of nitrogens with one attached hydrogen (secondary N) is 2. The number of rotatable bonds is 9. The number of para-hydroxylation sites is 1. The Balaban J connectivity index is 1.20. The van der Waals surface area contributed by atoms with Crippen molar-refractivity contribution in [2.24, 2.45) is 5.10 Å². The van der Waals surface area contributed by atoms with Gasteiger partial charge in [-0.1, -0.05) is 71.2 Å². The molecule has 0 aliphatic rings. The van der Waals surface area contributed by atoms with E-state index in [1.54, 1.807) is 48.5 Å². The van der Waals surface area contributed by atoms with Gasteiger partial charge in [0.15, 0.2) is 5.13 Å². The second kappa shape index (κ2) is 13.0. The third-order valence-electron chi connectivity index (χ3n) is 5.71. The first-order valence-electron chi connectivity index (χ1n) is 12.0. The van der Waals surface area contributed by atoms with Crippen LogP contribution in [-0.4, -0.2) is 17.1 Å². The molecule has 2 N–H and O–H groups in total. The summed E-state index contributed by atoms with van der Waals surface area (Å²) in [6, 6.07) is 27.4. The van der Waals surface area contributed by atoms with Crippen LogP contribution in [0.3, 0.4) is 0 Å². The van der Waals surface area contributed by atoms with Gasteiger partial charge in [0.05, 0.1) is 11.9 Å². The summed E-state index contributed by atoms with van der Waals surface area (Å²) in [5.41, 5.74) is 7.07. The molecule has 0 saturated heterocycles. The first-order valence-corrected chi connectivity index (χ1v) is 14.0. The zero-order valence-corrected chi connectivity index (χ0v) is 23.9. The average Bonchev–Trinajstić information content (AvgIpc) is 3.42. The van der Waals surface area contributed by atoms with E-state index < -0.39 is 0 Å². The molecule has 0 aliphatic heterocycles. The lowest BCUT2D eigenvalue weighted by atomic mass is 10.1. The van der Waals surface area contributed by atoms with Gasteiger partial charge in [0, 0.05) is 48.4 Å². The van der Waals surface area contributed by atoms with E-state index in [2.05, 4.69) is 20.8 Å². The van der Waals surface area contributed by atoms with Crippen LogP contribution in [0.5, 0.6) is 5.75 Å². The molecule has 0 saturated carbocycles. The lowest BCUT2D eigenvalue weighted by molar-refractivity contribution is 0.0955. The molecular weight excluding hydrogens is 587 g/mol. The van der Waals surface area contributed by atoms with E-state index >= 15 is 0 Å². The minimum atomic E-state index is -0.357. The number of hydrogen-bond acceptors (Lipinski definition) is 6. The molecule has 0 fully saturated rings. The van der Waals surface area contributed by atoms with Crippen LogP contribution in [0.15, 0.2) is 101 Å². The van der Waals surface area contributed by atoms with Crippen molar-refractivity contribution < 1.29 is 9.53 Å². The molecule has 0 spiro atoms. The van der Waals surface area contributed by atoms with Gasteiger partial charge in [-0.25, -0.2) is 10.4 Å². The highest BCUT2D eigenvalue weighted by molar-refractivity contribution is 7.14. The van der Waals surface area contributed by atoms with Gasteiger partial charge in [0.1, 0.15) is 12.4 Å². The fraction of sp³-hybridized carbons (Fsp3) is 0.0333. The zero-order valence-electron chi connectivity index (χ0n) is 20.8. The number of carbonyl (C=O) groups is 1. The van der Waals surface area contributed by atoms with Gasteiger partial charge < -0.3 is 10.1 Å². The molecule has 0 bridgehead atoms. The highest BCUT2D eigenvalue weighted by Gasteiger charge is 2.10. The molecule has 0 radical (unpaired) electrons. The monoisotopic (exact) mass is 606 g/mol. The minimum Gasteiger partial charge on any atom is -0.488 e. The third-order valence-corrected chi connectivity index (χ3v) is 7.29. The number of amides is 1. The van der Waals surface area contributed by atoms with E-state index in [-0.39, 0.29) is 12.5 Å². The van der Waals surface area contributed by atoms with E-state index in [1.807, 2.05) is 47.8 Å². The number of nitrogens with zero attached hydrogens (tertiary/aromatic N) is 2. The van der Waals surface area contributed by atoms with Crippen LogP contribution in [0.25, 0.3) is 11.3 Å². The molecule has 0 unspecified atom stereocenters. The molecule has 200 valence electrons. The number of benzene rings is 4. The minimum absolute atomic E-state index is 0.222. The van der Waals surface area contributed by atoms with Gasteiger partial charge in [-0.05, 0) is 54.6 Å². The predicted molar refractivity (Wildman–Crippen MR) is 165 cm³/mol. The lowest BCUT2D eigenvalue weighted by Gasteiger charge is -2.11. The molecule has 4 aromatic carbocycles. The van der Waals surface area contributed by atoms with Gasteiger partial charge in [-0.2, -0.15) is 5.10 Å². The summed E-state index contributed by atoms with van der Waals surface area (Å²) in [6.45, 7) is 0.222. The smallest absolute Gasteiger partial charge is 0.271 e. The molecule has 40 heavy (non-hydrogen) atoms. The number of ether oxygens (including phenoxy) is 1. The second-order valence-corrected chi connectivity index (χ2v) is 10.7. The van der Waals surface area contributed by atoms with Gasteiger partial charge in [0.25, 0.3) is 5.91 Å². The number of hydrogen-bond donors (Lipinski definition) is 2. The first kappa shape index (κ1) is 27.7. The SMILES string of the molecule is O=C(N/N=C\c1cc(Cl)ccc1OCc1ccc(Cl)cc1Cl)c1ccc(-c2csc(Nc3ccccc3)n2)cc1. The quantitative estimate of drug-likeness (QED) is 0.130. The molecule has 10 heteroatoms. The van der Waals surface area contributed by atoms with Crippen LogP contribution >= 0.6 is 46.1 Å². The number of aromatic nitrogens is 1. The highest BCUT2D eigenvalue weighted by Crippen LogP contribution is 2.28. The number of hydrazone groups is 1. The molecule has 1 heterocycles. The normalized spacial score (nSPS) is 11.0. The van der Waals surface area contributed by atoms with Gasteiger partial charge >= 0.3 is 0 Å². The summed E-state index contributed by atoms with van der Waals surface area (Å²) in [5, 5.41) is 11.7. The van der Waals surface area contributed by atoms with Crippen molar-refractivity contribution in [1.29, 1.82) is 0 Å². The van der Waals surface area contributed by atoms with Crippen molar-refractivity contribution in [2.75, 3.05) is 5.32 Å². The van der Waals surface area contributed by atoms with Crippen molar-refractivity contribution in [3.63, 3.8) is 0 Å². The number of anilines is 2. The van der Waals surface area contributed by atoms with Gasteiger partial charge in [-0.15, -0.1) is 11.3 Å². The Morgan fingerprint density at radius 3 is 2.45 bits per heavy atom. The fourth-order valence-electron chi connectivity index (χ4n) is 3.67. The largest absolute Gasteiger partial charge is 0.488 e. The average molecular weight is 608 g/mol. The maximum Gasteiger partial charge on any atom is 0.271 e. The van der Waals surface area contributed by atoms with E-state index in [1.165, 1.54) is 17.6 Å². The van der Waals surface area contributed by atoms with Crippen LogP contribution in [-0.2, 0) is 6.61 Å². The molecule has 0 atom stereocenters. The van der Waals surface area contributed by atoms with Crippen LogP contribution in [0.2, 0.25) is 15.1 Å². The fourth-order valence-corrected chi connectivity index (χ4v) is 5.06. The van der Waals surface area contributed by atoms with Crippen molar-refractivity contribution in [1.82, 2.24) is 10.4 Å². The second-order valence-electron chi connectivity index (χ2n) is 8.51. The molecule has 6 nitrogen and oxygen atoms in total. The van der Waals surface area contributed by atoms with E-state index in [9.17, 15) is 4.79 Å². The van der Waals surface area contributed by atoms with Crippen LogP contribution in [0.4, 0.5) is 10.8 Å². The maximum atomic E-state index is 12.7. The number of halogens is 3. The zero-order chi connectivity index (χ0) is 27.9. The summed E-state index contributed by atoms with van der Waals surface area (Å²) in [4.78, 5) is 17.3. The summed E-state index contributed by atoms with van der Waals surface area (Å²) in [5.74, 6) is 0.173. The van der Waals surface area contributed by atoms with Crippen LogP contribution < -0.4 is 15.5 Å². The summed E-state index contributed by atoms with van der Waals surface area (Å²) >= 11 is 19.9. The number of carbonyl (C=O) groups excluding carboxylic acids is 1. The molecule has 1 aromatic heterocycles. The van der Waals surface area contributed by atoms with E-state index in [0.29, 0.717) is 31.9 Å². The van der Waals surface area contributed by atoms with E-state index in [0.717, 1.165) is 27.6 Å². The third kappa shape index (κ3) is 7.20. The standard InChI is InChI=1S/C30H21Cl3N4O2S/c31-23-12-13-28(39-17-21-10-11-24(32)15-26(21)33)22(14-23)16-34-37-29(38)20-8-6-19(7-9-20)27-18-40-30(36-27)35-25-4-2-1-3-5-25/h1-16,18H,17H2,(H,35,36)(H,37,38)/b34-16-. The predicted octanol–water partition coefficient (Wildman–Crippen LogP) is 8.86. The van der Waals surface area contributed by atoms with Crippen LogP contribution in [0, 0.1) is 0 Å². The molecule has 5 rings (SSSR count). The van der Waals surface area contributed by atoms with Crippen LogP contribution in [0.1, 0.15) is 21.5 Å². The topological polar surface area (TPSA) is 75.6 Å². The van der Waals surface area contributed by atoms with Crippen molar-refractivity contribution >= 4 is 69.1 Å². The Bertz CT molecular complexity index is 1660. The summed E-state index contributed by atoms with van der Waals surface area (Å²) in [6.07, 6.45) is 1.48. The van der Waals surface area contributed by atoms with Crippen molar-refractivity contribution in [3.05, 3.63) is 128 Å². The Morgan fingerprint density at radius 2 is 1.68 bits per heavy atom. The maximum absolute atomic E-state index is 12.7. The Labute approximate surface area is 250 Å². The first-order chi connectivity index (χ1) is 19.4.